The molecule has 190 valence electrons. The van der Waals surface area contributed by atoms with Gasteiger partial charge in [0.25, 0.3) is 0 Å². The maximum Gasteiger partial charge on any atom is 0.248 e. The molecule has 1 aliphatic rings. The van der Waals surface area contributed by atoms with Crippen molar-refractivity contribution in [3.8, 4) is 0 Å². The lowest BCUT2D eigenvalue weighted by atomic mass is 10.2. The summed E-state index contributed by atoms with van der Waals surface area (Å²) in [4.78, 5) is 38.5. The minimum Gasteiger partial charge on any atom is -0.372 e. The fourth-order valence-corrected chi connectivity index (χ4v) is 5.75. The number of rotatable bonds is 7. The summed E-state index contributed by atoms with van der Waals surface area (Å²) in [6.07, 6.45) is 1.25. The molecule has 0 saturated carbocycles. The van der Waals surface area contributed by atoms with Crippen molar-refractivity contribution in [2.75, 3.05) is 24.2 Å². The van der Waals surface area contributed by atoms with E-state index in [1.807, 2.05) is 13.8 Å². The lowest BCUT2D eigenvalue weighted by Gasteiger charge is -2.35. The summed E-state index contributed by atoms with van der Waals surface area (Å²) in [5, 5.41) is 2.96. The van der Waals surface area contributed by atoms with E-state index in [0.717, 1.165) is 0 Å². The minimum atomic E-state index is -4.04. The zero-order chi connectivity index (χ0) is 26.0. The third-order valence-electron chi connectivity index (χ3n) is 5.94. The zero-order valence-electron chi connectivity index (χ0n) is 20.0. The first-order chi connectivity index (χ1) is 17.0. The Morgan fingerprint density at radius 3 is 2.31 bits per heavy atom. The van der Waals surface area contributed by atoms with Crippen LogP contribution >= 0.6 is 0 Å². The minimum absolute atomic E-state index is 0.0196. The van der Waals surface area contributed by atoms with Crippen molar-refractivity contribution in [2.24, 2.45) is 5.73 Å². The number of fused-ring (bicyclic) bond motifs is 1. The van der Waals surface area contributed by atoms with E-state index in [2.05, 4.69) is 5.32 Å². The second-order valence-corrected chi connectivity index (χ2v) is 10.9. The number of primary amides is 1. The van der Waals surface area contributed by atoms with Gasteiger partial charge in [-0.15, -0.1) is 0 Å². The van der Waals surface area contributed by atoms with Crippen LogP contribution in [0.15, 0.2) is 59.6 Å². The molecule has 0 unspecified atom stereocenters. The van der Waals surface area contributed by atoms with Crippen LogP contribution in [0.25, 0.3) is 10.9 Å². The largest absolute Gasteiger partial charge is 0.372 e. The molecular weight excluding hydrogens is 484 g/mol. The average Bonchev–Trinajstić information content (AvgIpc) is 3.18. The molecule has 4 rings (SSSR count). The third-order valence-corrected chi connectivity index (χ3v) is 7.58. The summed E-state index contributed by atoms with van der Waals surface area (Å²) in [6.45, 7) is 4.71. The molecule has 0 radical (unpaired) electrons. The first-order valence-corrected chi connectivity index (χ1v) is 13.1. The average molecular weight is 513 g/mol. The van der Waals surface area contributed by atoms with Crippen LogP contribution in [0.4, 0.5) is 5.69 Å². The number of nitrogens with one attached hydrogen (secondary N) is 1. The molecule has 3 aromatic rings. The Morgan fingerprint density at radius 2 is 1.67 bits per heavy atom. The van der Waals surface area contributed by atoms with Crippen molar-refractivity contribution in [3.63, 3.8) is 0 Å². The van der Waals surface area contributed by atoms with Gasteiger partial charge in [0.15, 0.2) is 9.84 Å². The molecule has 1 fully saturated rings. The number of sulfone groups is 1. The highest BCUT2D eigenvalue weighted by Crippen LogP contribution is 2.27. The van der Waals surface area contributed by atoms with E-state index in [1.165, 1.54) is 30.5 Å². The lowest BCUT2D eigenvalue weighted by molar-refractivity contribution is -0.143. The fraction of sp³-hybridized carbons (Fsp3) is 0.320. The highest BCUT2D eigenvalue weighted by Gasteiger charge is 2.28. The van der Waals surface area contributed by atoms with Crippen LogP contribution in [0.3, 0.4) is 0 Å². The Kier molecular flexibility index (Phi) is 7.14. The molecule has 0 bridgehead atoms. The predicted molar refractivity (Wildman–Crippen MR) is 134 cm³/mol. The molecule has 2 aromatic carbocycles. The van der Waals surface area contributed by atoms with Gasteiger partial charge in [-0.1, -0.05) is 18.2 Å². The molecule has 0 aliphatic carbocycles. The number of nitrogens with zero attached hydrogens (tertiary/aromatic N) is 2. The lowest BCUT2D eigenvalue weighted by Crippen LogP contribution is -2.49. The van der Waals surface area contributed by atoms with Gasteiger partial charge < -0.3 is 25.3 Å². The van der Waals surface area contributed by atoms with Crippen LogP contribution in [-0.2, 0) is 30.7 Å². The van der Waals surface area contributed by atoms with Crippen molar-refractivity contribution < 1.29 is 27.5 Å². The standard InChI is InChI=1S/C25H28N4O6S/c1-16-11-29(12-17(2)35-16)24(31)14-28-13-22(20-5-3-4-6-21(20)28)36(33,34)15-23(30)27-19-9-7-18(8-10-19)25(26)32/h3-10,13,16-17H,11-12,14-15H2,1-2H3,(H2,26,32)(H,27,30)/t16-,17-/m0/s1. The number of carbonyl (C=O) groups excluding carboxylic acids is 3. The number of anilines is 1. The van der Waals surface area contributed by atoms with Crippen LogP contribution in [0.5, 0.6) is 0 Å². The maximum atomic E-state index is 13.2. The smallest absolute Gasteiger partial charge is 0.248 e. The van der Waals surface area contributed by atoms with Crippen molar-refractivity contribution in [1.82, 2.24) is 9.47 Å². The van der Waals surface area contributed by atoms with Crippen molar-refractivity contribution in [3.05, 3.63) is 60.3 Å². The van der Waals surface area contributed by atoms with E-state index in [4.69, 9.17) is 10.5 Å². The SMILES string of the molecule is C[C@H]1CN(C(=O)Cn2cc(S(=O)(=O)CC(=O)Nc3ccc(C(N)=O)cc3)c3ccccc32)C[C@H](C)O1. The van der Waals surface area contributed by atoms with Crippen molar-refractivity contribution >= 4 is 44.1 Å². The first kappa shape index (κ1) is 25.4. The normalized spacial score (nSPS) is 18.2. The highest BCUT2D eigenvalue weighted by atomic mass is 32.2. The van der Waals surface area contributed by atoms with Gasteiger partial charge in [-0.2, -0.15) is 0 Å². The van der Waals surface area contributed by atoms with E-state index in [9.17, 15) is 22.8 Å². The second kappa shape index (κ2) is 10.1. The van der Waals surface area contributed by atoms with Gasteiger partial charge in [-0.25, -0.2) is 8.42 Å². The second-order valence-electron chi connectivity index (χ2n) is 8.94. The van der Waals surface area contributed by atoms with E-state index in [-0.39, 0.29) is 35.1 Å². The van der Waals surface area contributed by atoms with E-state index >= 15 is 0 Å². The molecule has 1 aliphatic heterocycles. The number of ether oxygens (including phenoxy) is 1. The van der Waals surface area contributed by atoms with Crippen LogP contribution in [0.2, 0.25) is 0 Å². The molecule has 11 heteroatoms. The van der Waals surface area contributed by atoms with Gasteiger partial charge in [-0.3, -0.25) is 14.4 Å². The number of nitrogens with two attached hydrogens (primary N) is 1. The molecule has 10 nitrogen and oxygen atoms in total. The van der Waals surface area contributed by atoms with E-state index in [1.54, 1.807) is 33.7 Å². The molecule has 3 N–H and O–H groups in total. The maximum absolute atomic E-state index is 13.2. The monoisotopic (exact) mass is 512 g/mol. The molecule has 2 heterocycles. The third kappa shape index (κ3) is 5.58. The Balaban J connectivity index is 1.54. The molecular formula is C25H28N4O6S. The van der Waals surface area contributed by atoms with Crippen molar-refractivity contribution in [2.45, 2.75) is 37.5 Å². The topological polar surface area (TPSA) is 141 Å². The number of morpholine rings is 1. The van der Waals surface area contributed by atoms with Crippen LogP contribution < -0.4 is 11.1 Å². The summed E-state index contributed by atoms with van der Waals surface area (Å²) in [5.41, 5.74) is 6.40. The molecule has 3 amide bonds. The summed E-state index contributed by atoms with van der Waals surface area (Å²) < 4.78 is 33.8. The summed E-state index contributed by atoms with van der Waals surface area (Å²) in [6, 6.07) is 12.7. The first-order valence-electron chi connectivity index (χ1n) is 11.5. The zero-order valence-corrected chi connectivity index (χ0v) is 20.8. The Bertz CT molecular complexity index is 1400. The molecule has 1 aromatic heterocycles. The summed E-state index contributed by atoms with van der Waals surface area (Å²) in [5.74, 6) is -2.27. The van der Waals surface area contributed by atoms with Gasteiger partial charge in [-0.05, 0) is 44.2 Å². The van der Waals surface area contributed by atoms with Gasteiger partial charge in [0.05, 0.1) is 17.1 Å². The Morgan fingerprint density at radius 1 is 1.03 bits per heavy atom. The van der Waals surface area contributed by atoms with Gasteiger partial charge in [0.1, 0.15) is 12.3 Å². The number of amides is 3. The molecule has 0 spiro atoms. The Labute approximate surface area is 208 Å². The van der Waals surface area contributed by atoms with E-state index < -0.39 is 27.4 Å². The van der Waals surface area contributed by atoms with Crippen LogP contribution in [0.1, 0.15) is 24.2 Å². The number of para-hydroxylation sites is 1. The van der Waals surface area contributed by atoms with E-state index in [0.29, 0.717) is 29.7 Å². The fourth-order valence-electron chi connectivity index (χ4n) is 4.38. The highest BCUT2D eigenvalue weighted by molar-refractivity contribution is 7.92. The summed E-state index contributed by atoms with van der Waals surface area (Å²) in [7, 11) is -4.04. The molecule has 36 heavy (non-hydrogen) atoms. The molecule has 1 saturated heterocycles. The van der Waals surface area contributed by atoms with Gasteiger partial charge >= 0.3 is 0 Å². The number of aromatic nitrogens is 1. The summed E-state index contributed by atoms with van der Waals surface area (Å²) >= 11 is 0. The number of benzene rings is 2. The van der Waals surface area contributed by atoms with Crippen LogP contribution in [0, 0.1) is 0 Å². The molecule has 2 atom stereocenters. The predicted octanol–water partition coefficient (Wildman–Crippen LogP) is 1.79. The van der Waals surface area contributed by atoms with Gasteiger partial charge in [0.2, 0.25) is 17.7 Å². The van der Waals surface area contributed by atoms with Crippen molar-refractivity contribution in [1.29, 1.82) is 0 Å². The van der Waals surface area contributed by atoms with Crippen LogP contribution in [-0.4, -0.2) is 66.7 Å². The number of hydrogen-bond acceptors (Lipinski definition) is 6. The Hall–Kier alpha value is -3.70. The van der Waals surface area contributed by atoms with Gasteiger partial charge in [0, 0.05) is 41.4 Å². The number of carbonyl (C=O) groups is 3. The number of hydrogen-bond donors (Lipinski definition) is 2. The quantitative estimate of drug-likeness (QED) is 0.495.